The smallest absolute Gasteiger partial charge is 0.337 e. The zero-order valence-corrected chi connectivity index (χ0v) is 17.3. The first-order chi connectivity index (χ1) is 14.9. The van der Waals surface area contributed by atoms with E-state index in [0.717, 1.165) is 16.7 Å². The Balaban J connectivity index is 1.57. The van der Waals surface area contributed by atoms with Crippen LogP contribution in [0.1, 0.15) is 27.2 Å². The van der Waals surface area contributed by atoms with Crippen molar-refractivity contribution in [2.24, 2.45) is 0 Å². The van der Waals surface area contributed by atoms with E-state index < -0.39 is 17.8 Å². The summed E-state index contributed by atoms with van der Waals surface area (Å²) in [4.78, 5) is 36.8. The fourth-order valence-corrected chi connectivity index (χ4v) is 3.22. The molecule has 2 amide bonds. The van der Waals surface area contributed by atoms with E-state index in [1.165, 1.54) is 18.2 Å². The average Bonchev–Trinajstić information content (AvgIpc) is 3.35. The summed E-state index contributed by atoms with van der Waals surface area (Å²) in [5.41, 5.74) is 6.46. The third kappa shape index (κ3) is 3.85. The maximum Gasteiger partial charge on any atom is 0.337 e. The van der Waals surface area contributed by atoms with Gasteiger partial charge < -0.3 is 9.15 Å². The number of rotatable bonds is 4. The molecular formula is C24H20N2O5. The number of methoxy groups -OCH3 is 1. The van der Waals surface area contributed by atoms with E-state index in [4.69, 9.17) is 4.42 Å². The Morgan fingerprint density at radius 2 is 1.74 bits per heavy atom. The quantitative estimate of drug-likeness (QED) is 0.397. The van der Waals surface area contributed by atoms with E-state index >= 15 is 0 Å². The van der Waals surface area contributed by atoms with Gasteiger partial charge in [0.2, 0.25) is 0 Å². The molecule has 2 heterocycles. The van der Waals surface area contributed by atoms with Crippen LogP contribution in [0.5, 0.6) is 0 Å². The maximum atomic E-state index is 12.8. The molecule has 0 aliphatic carbocycles. The predicted octanol–water partition coefficient (Wildman–Crippen LogP) is 3.81. The second-order valence-corrected chi connectivity index (χ2v) is 7.18. The van der Waals surface area contributed by atoms with Gasteiger partial charge in [-0.1, -0.05) is 18.2 Å². The fraction of sp³-hybridized carbons (Fsp3) is 0.125. The van der Waals surface area contributed by atoms with Gasteiger partial charge in [0.1, 0.15) is 17.1 Å². The van der Waals surface area contributed by atoms with Crippen molar-refractivity contribution in [2.75, 3.05) is 12.1 Å². The van der Waals surface area contributed by atoms with Gasteiger partial charge in [0.15, 0.2) is 0 Å². The number of nitrogens with one attached hydrogen (secondary N) is 1. The number of anilines is 1. The number of furan rings is 1. The summed E-state index contributed by atoms with van der Waals surface area (Å²) in [5, 5.41) is 1.23. The first kappa shape index (κ1) is 20.2. The van der Waals surface area contributed by atoms with Crippen molar-refractivity contribution in [3.63, 3.8) is 0 Å². The number of carbonyl (C=O) groups excluding carboxylic acids is 3. The van der Waals surface area contributed by atoms with Crippen LogP contribution in [0.25, 0.3) is 17.4 Å². The SMILES string of the molecule is COC(=O)c1ccc(-c2ccc(/C=C3\C(=O)NN(c4ccc(C)c(C)c4)C3=O)o2)cc1. The lowest BCUT2D eigenvalue weighted by Gasteiger charge is -2.15. The molecule has 1 aliphatic rings. The lowest BCUT2D eigenvalue weighted by molar-refractivity contribution is -0.117. The summed E-state index contributed by atoms with van der Waals surface area (Å²) < 4.78 is 10.5. The number of hydrogen-bond acceptors (Lipinski definition) is 5. The second kappa shape index (κ2) is 7.95. The third-order valence-electron chi connectivity index (χ3n) is 5.14. The average molecular weight is 416 g/mol. The third-order valence-corrected chi connectivity index (χ3v) is 5.14. The van der Waals surface area contributed by atoms with Crippen LogP contribution in [-0.2, 0) is 14.3 Å². The molecule has 1 aromatic heterocycles. The van der Waals surface area contributed by atoms with E-state index in [2.05, 4.69) is 10.2 Å². The molecule has 0 saturated carbocycles. The lowest BCUT2D eigenvalue weighted by atomic mass is 10.1. The van der Waals surface area contributed by atoms with Crippen molar-refractivity contribution in [3.8, 4) is 11.3 Å². The van der Waals surface area contributed by atoms with E-state index in [-0.39, 0.29) is 5.57 Å². The van der Waals surface area contributed by atoms with Gasteiger partial charge in [0, 0.05) is 5.56 Å². The largest absolute Gasteiger partial charge is 0.465 e. The molecule has 1 fully saturated rings. The Labute approximate surface area is 178 Å². The summed E-state index contributed by atoms with van der Waals surface area (Å²) >= 11 is 0. The van der Waals surface area contributed by atoms with E-state index in [1.54, 1.807) is 42.5 Å². The van der Waals surface area contributed by atoms with Crippen LogP contribution in [0.15, 0.2) is 64.6 Å². The van der Waals surface area contributed by atoms with Crippen molar-refractivity contribution in [2.45, 2.75) is 13.8 Å². The molecule has 0 unspecified atom stereocenters. The Hall–Kier alpha value is -4.13. The normalized spacial score (nSPS) is 14.8. The molecule has 7 nitrogen and oxygen atoms in total. The van der Waals surface area contributed by atoms with E-state index in [0.29, 0.717) is 22.8 Å². The highest BCUT2D eigenvalue weighted by molar-refractivity contribution is 6.31. The van der Waals surface area contributed by atoms with Gasteiger partial charge in [-0.15, -0.1) is 0 Å². The number of amides is 2. The molecule has 1 N–H and O–H groups in total. The minimum Gasteiger partial charge on any atom is -0.465 e. The fourth-order valence-electron chi connectivity index (χ4n) is 3.22. The molecule has 2 aromatic carbocycles. The predicted molar refractivity (Wildman–Crippen MR) is 115 cm³/mol. The van der Waals surface area contributed by atoms with Crippen LogP contribution >= 0.6 is 0 Å². The first-order valence-electron chi connectivity index (χ1n) is 9.60. The molecule has 1 aliphatic heterocycles. The molecule has 0 bridgehead atoms. The van der Waals surface area contributed by atoms with Gasteiger partial charge in [0.05, 0.1) is 18.4 Å². The number of nitrogens with zero attached hydrogens (tertiary/aromatic N) is 1. The van der Waals surface area contributed by atoms with Crippen LogP contribution in [-0.4, -0.2) is 24.9 Å². The van der Waals surface area contributed by atoms with E-state index in [9.17, 15) is 14.4 Å². The molecule has 7 heteroatoms. The highest BCUT2D eigenvalue weighted by Crippen LogP contribution is 2.27. The highest BCUT2D eigenvalue weighted by Gasteiger charge is 2.34. The maximum absolute atomic E-state index is 12.8. The van der Waals surface area contributed by atoms with Gasteiger partial charge in [-0.3, -0.25) is 15.0 Å². The summed E-state index contributed by atoms with van der Waals surface area (Å²) in [5.74, 6) is -0.458. The Bertz CT molecular complexity index is 1220. The van der Waals surface area contributed by atoms with Gasteiger partial charge in [-0.2, -0.15) is 0 Å². The van der Waals surface area contributed by atoms with Crippen molar-refractivity contribution in [3.05, 3.63) is 82.6 Å². The molecule has 3 aromatic rings. The van der Waals surface area contributed by atoms with Gasteiger partial charge in [-0.05, 0) is 67.4 Å². The number of aryl methyl sites for hydroxylation is 2. The minimum absolute atomic E-state index is 0.0137. The van der Waals surface area contributed by atoms with Crippen molar-refractivity contribution in [1.82, 2.24) is 5.43 Å². The molecule has 4 rings (SSSR count). The zero-order chi connectivity index (χ0) is 22.1. The lowest BCUT2D eigenvalue weighted by Crippen LogP contribution is -2.35. The van der Waals surface area contributed by atoms with Crippen molar-refractivity contribution >= 4 is 29.5 Å². The summed E-state index contributed by atoms with van der Waals surface area (Å²) in [6.07, 6.45) is 1.42. The Morgan fingerprint density at radius 1 is 1.00 bits per heavy atom. The number of benzene rings is 2. The Kier molecular flexibility index (Phi) is 5.17. The number of esters is 1. The Morgan fingerprint density at radius 3 is 2.42 bits per heavy atom. The van der Waals surface area contributed by atoms with Crippen LogP contribution in [0.3, 0.4) is 0 Å². The second-order valence-electron chi connectivity index (χ2n) is 7.18. The summed E-state index contributed by atoms with van der Waals surface area (Å²) in [7, 11) is 1.32. The molecular weight excluding hydrogens is 396 g/mol. The van der Waals surface area contributed by atoms with E-state index in [1.807, 2.05) is 26.0 Å². The summed E-state index contributed by atoms with van der Waals surface area (Å²) in [6.45, 7) is 3.92. The molecule has 0 radical (unpaired) electrons. The molecule has 31 heavy (non-hydrogen) atoms. The molecule has 0 atom stereocenters. The topological polar surface area (TPSA) is 88.9 Å². The van der Waals surface area contributed by atoms with Gasteiger partial charge in [0.25, 0.3) is 11.8 Å². The van der Waals surface area contributed by atoms with Crippen molar-refractivity contribution < 1.29 is 23.5 Å². The highest BCUT2D eigenvalue weighted by atomic mass is 16.5. The van der Waals surface area contributed by atoms with Gasteiger partial charge in [-0.25, -0.2) is 9.80 Å². The number of hydrazine groups is 1. The minimum atomic E-state index is -0.497. The standard InChI is InChI=1S/C24H20N2O5/c1-14-4-9-18(12-15(14)2)26-23(28)20(22(27)25-26)13-19-10-11-21(31-19)16-5-7-17(8-6-16)24(29)30-3/h4-13H,1-3H3,(H,25,27)/b20-13+. The van der Waals surface area contributed by atoms with Crippen LogP contribution in [0.2, 0.25) is 0 Å². The van der Waals surface area contributed by atoms with Crippen LogP contribution in [0.4, 0.5) is 5.69 Å². The number of carbonyl (C=O) groups is 3. The van der Waals surface area contributed by atoms with Gasteiger partial charge >= 0.3 is 5.97 Å². The molecule has 156 valence electrons. The van der Waals surface area contributed by atoms with Crippen LogP contribution < -0.4 is 10.4 Å². The zero-order valence-electron chi connectivity index (χ0n) is 17.3. The first-order valence-corrected chi connectivity index (χ1v) is 9.60. The number of ether oxygens (including phenoxy) is 1. The number of hydrogen-bond donors (Lipinski definition) is 1. The molecule has 1 saturated heterocycles. The van der Waals surface area contributed by atoms with Crippen LogP contribution in [0, 0.1) is 13.8 Å². The van der Waals surface area contributed by atoms with Crippen molar-refractivity contribution in [1.29, 1.82) is 0 Å². The summed E-state index contributed by atoms with van der Waals surface area (Å²) in [6, 6.07) is 15.7. The monoisotopic (exact) mass is 416 g/mol. The molecule has 0 spiro atoms.